The Labute approximate surface area is 124 Å². The predicted molar refractivity (Wildman–Crippen MR) is 82.4 cm³/mol. The summed E-state index contributed by atoms with van der Waals surface area (Å²) in [6.45, 7) is 1.84. The summed E-state index contributed by atoms with van der Waals surface area (Å²) in [5.74, 6) is 0.201. The Morgan fingerprint density at radius 3 is 1.48 bits per heavy atom. The fourth-order valence-corrected chi connectivity index (χ4v) is 3.90. The molecule has 5 heteroatoms. The van der Waals surface area contributed by atoms with Crippen LogP contribution in [0.4, 0.5) is 0 Å². The van der Waals surface area contributed by atoms with E-state index in [0.29, 0.717) is 0 Å². The van der Waals surface area contributed by atoms with Crippen LogP contribution in [0.1, 0.15) is 18.1 Å². The van der Waals surface area contributed by atoms with Crippen LogP contribution in [0.3, 0.4) is 0 Å². The molecule has 0 amide bonds. The van der Waals surface area contributed by atoms with Gasteiger partial charge in [0.25, 0.3) is 0 Å². The van der Waals surface area contributed by atoms with E-state index in [9.17, 15) is 18.6 Å². The molecule has 2 aromatic rings. The molecule has 0 unspecified atom stereocenters. The highest BCUT2D eigenvalue weighted by Crippen LogP contribution is 2.35. The number of hydrogen-bond acceptors (Lipinski definition) is 4. The number of phenolic OH excluding ortho intramolecular Hbond substituents is 2. The van der Waals surface area contributed by atoms with Gasteiger partial charge in [-0.1, -0.05) is 31.2 Å². The molecule has 0 spiro atoms. The average molecular weight is 306 g/mol. The van der Waals surface area contributed by atoms with Crippen molar-refractivity contribution in [3.63, 3.8) is 0 Å². The van der Waals surface area contributed by atoms with Gasteiger partial charge in [0.1, 0.15) is 21.3 Å². The lowest BCUT2D eigenvalue weighted by atomic mass is 9.78. The van der Waals surface area contributed by atoms with Crippen LogP contribution in [0, 0.1) is 0 Å². The minimum atomic E-state index is -3.22. The van der Waals surface area contributed by atoms with E-state index >= 15 is 0 Å². The van der Waals surface area contributed by atoms with Gasteiger partial charge in [-0.15, -0.1) is 0 Å². The lowest BCUT2D eigenvalue weighted by Crippen LogP contribution is -2.32. The molecule has 0 heterocycles. The van der Waals surface area contributed by atoms with E-state index in [2.05, 4.69) is 0 Å². The Hall–Kier alpha value is -2.01. The van der Waals surface area contributed by atoms with Crippen molar-refractivity contribution in [2.75, 3.05) is 12.0 Å². The second kappa shape index (κ2) is 5.41. The summed E-state index contributed by atoms with van der Waals surface area (Å²) < 4.78 is 23.7. The molecule has 0 saturated heterocycles. The van der Waals surface area contributed by atoms with Crippen LogP contribution in [0.25, 0.3) is 0 Å². The van der Waals surface area contributed by atoms with Gasteiger partial charge in [-0.05, 0) is 35.4 Å². The van der Waals surface area contributed by atoms with Gasteiger partial charge in [0.15, 0.2) is 0 Å². The minimum Gasteiger partial charge on any atom is -0.508 e. The zero-order valence-electron chi connectivity index (χ0n) is 11.9. The number of aromatic hydroxyl groups is 2. The van der Waals surface area contributed by atoms with E-state index in [1.807, 2.05) is 6.92 Å². The molecule has 112 valence electrons. The molecule has 0 atom stereocenters. The molecule has 21 heavy (non-hydrogen) atoms. The monoisotopic (exact) mass is 306 g/mol. The van der Waals surface area contributed by atoms with Gasteiger partial charge < -0.3 is 10.2 Å². The third-order valence-electron chi connectivity index (χ3n) is 3.56. The summed E-state index contributed by atoms with van der Waals surface area (Å²) in [4.78, 5) is 0. The molecule has 2 N–H and O–H groups in total. The van der Waals surface area contributed by atoms with Gasteiger partial charge in [-0.2, -0.15) is 0 Å². The first-order valence-corrected chi connectivity index (χ1v) is 8.53. The fourth-order valence-electron chi connectivity index (χ4n) is 2.52. The number of sulfone groups is 1. The highest BCUT2D eigenvalue weighted by Gasteiger charge is 2.32. The normalized spacial score (nSPS) is 12.3. The van der Waals surface area contributed by atoms with Gasteiger partial charge in [-0.25, -0.2) is 8.42 Å². The molecular formula is C16H18O4S. The topological polar surface area (TPSA) is 74.6 Å². The SMILES string of the molecule is CC(CS(C)(=O)=O)(c1ccc(O)cc1)c1ccc(O)cc1. The molecule has 0 aliphatic rings. The Balaban J connectivity index is 2.58. The Morgan fingerprint density at radius 2 is 1.19 bits per heavy atom. The predicted octanol–water partition coefficient (Wildman–Crippen LogP) is 2.45. The smallest absolute Gasteiger partial charge is 0.148 e. The number of phenols is 2. The van der Waals surface area contributed by atoms with Crippen molar-refractivity contribution in [3.8, 4) is 11.5 Å². The average Bonchev–Trinajstić information content (AvgIpc) is 2.38. The summed E-state index contributed by atoms with van der Waals surface area (Å²) in [5.41, 5.74) is 0.822. The molecule has 0 aliphatic heterocycles. The summed E-state index contributed by atoms with van der Waals surface area (Å²) in [5, 5.41) is 18.8. The number of rotatable bonds is 4. The Morgan fingerprint density at radius 1 is 0.857 bits per heavy atom. The molecule has 4 nitrogen and oxygen atoms in total. The second-order valence-corrected chi connectivity index (χ2v) is 7.64. The highest BCUT2D eigenvalue weighted by molar-refractivity contribution is 7.90. The standard InChI is InChI=1S/C16H18O4S/c1-16(11-21(2,19)20,12-3-7-14(17)8-4-12)13-5-9-15(18)10-6-13/h3-10,17-18H,11H2,1-2H3. The van der Waals surface area contributed by atoms with Crippen molar-refractivity contribution < 1.29 is 18.6 Å². The molecule has 0 aromatic heterocycles. The van der Waals surface area contributed by atoms with Crippen molar-refractivity contribution in [1.82, 2.24) is 0 Å². The molecule has 0 fully saturated rings. The number of hydrogen-bond donors (Lipinski definition) is 2. The summed E-state index contributed by atoms with van der Waals surface area (Å²) >= 11 is 0. The lowest BCUT2D eigenvalue weighted by Gasteiger charge is -2.30. The summed E-state index contributed by atoms with van der Waals surface area (Å²) in [6.07, 6.45) is 1.20. The van der Waals surface area contributed by atoms with E-state index in [-0.39, 0.29) is 17.3 Å². The third kappa shape index (κ3) is 3.55. The molecule has 2 rings (SSSR count). The molecule has 0 saturated carbocycles. The molecule has 0 bridgehead atoms. The highest BCUT2D eigenvalue weighted by atomic mass is 32.2. The van der Waals surface area contributed by atoms with Crippen molar-refractivity contribution in [2.45, 2.75) is 12.3 Å². The Bertz CT molecular complexity index is 670. The van der Waals surface area contributed by atoms with Gasteiger partial charge >= 0.3 is 0 Å². The zero-order chi connectivity index (χ0) is 15.7. The maximum Gasteiger partial charge on any atom is 0.148 e. The first kappa shape index (κ1) is 15.4. The molecule has 2 aromatic carbocycles. The quantitative estimate of drug-likeness (QED) is 0.910. The van der Waals surface area contributed by atoms with Gasteiger partial charge in [0, 0.05) is 11.7 Å². The van der Waals surface area contributed by atoms with Crippen LogP contribution in [0.15, 0.2) is 48.5 Å². The summed E-state index contributed by atoms with van der Waals surface area (Å²) in [7, 11) is -3.22. The summed E-state index contributed by atoms with van der Waals surface area (Å²) in [6, 6.07) is 13.0. The van der Waals surface area contributed by atoms with Crippen LogP contribution >= 0.6 is 0 Å². The Kier molecular flexibility index (Phi) is 3.96. The van der Waals surface area contributed by atoms with Crippen molar-refractivity contribution in [2.24, 2.45) is 0 Å². The van der Waals surface area contributed by atoms with Crippen molar-refractivity contribution in [3.05, 3.63) is 59.7 Å². The number of benzene rings is 2. The van der Waals surface area contributed by atoms with Crippen LogP contribution < -0.4 is 0 Å². The first-order chi connectivity index (χ1) is 9.71. The van der Waals surface area contributed by atoms with Gasteiger partial charge in [0.05, 0.1) is 5.75 Å². The maximum absolute atomic E-state index is 11.8. The van der Waals surface area contributed by atoms with Crippen LogP contribution in [0.5, 0.6) is 11.5 Å². The van der Waals surface area contributed by atoms with Crippen molar-refractivity contribution >= 4 is 9.84 Å². The van der Waals surface area contributed by atoms with Crippen LogP contribution in [-0.4, -0.2) is 30.6 Å². The van der Waals surface area contributed by atoms with Gasteiger partial charge in [0.2, 0.25) is 0 Å². The first-order valence-electron chi connectivity index (χ1n) is 6.47. The van der Waals surface area contributed by atoms with Crippen molar-refractivity contribution in [1.29, 1.82) is 0 Å². The maximum atomic E-state index is 11.8. The second-order valence-electron chi connectivity index (χ2n) is 5.50. The van der Waals surface area contributed by atoms with E-state index in [4.69, 9.17) is 0 Å². The largest absolute Gasteiger partial charge is 0.508 e. The molecular weight excluding hydrogens is 288 g/mol. The zero-order valence-corrected chi connectivity index (χ0v) is 12.8. The van der Waals surface area contributed by atoms with E-state index in [1.54, 1.807) is 24.3 Å². The van der Waals surface area contributed by atoms with Crippen LogP contribution in [-0.2, 0) is 15.3 Å². The minimum absolute atomic E-state index is 0.0600. The van der Waals surface area contributed by atoms with E-state index in [0.717, 1.165) is 11.1 Å². The fraction of sp³-hybridized carbons (Fsp3) is 0.250. The molecule has 0 aliphatic carbocycles. The van der Waals surface area contributed by atoms with Gasteiger partial charge in [-0.3, -0.25) is 0 Å². The van der Waals surface area contributed by atoms with E-state index in [1.165, 1.54) is 30.5 Å². The molecule has 0 radical (unpaired) electrons. The lowest BCUT2D eigenvalue weighted by molar-refractivity contribution is 0.474. The van der Waals surface area contributed by atoms with Crippen LogP contribution in [0.2, 0.25) is 0 Å². The van der Waals surface area contributed by atoms with E-state index < -0.39 is 15.3 Å². The third-order valence-corrected chi connectivity index (χ3v) is 4.66.